The Morgan fingerprint density at radius 1 is 1.30 bits per heavy atom. The molecule has 4 nitrogen and oxygen atoms in total. The average molecular weight is 293 g/mol. The standard InChI is InChI=1S/C15H17ClN2O2/c16-12-5-2-1-4-11(12)9-18-13(19)8-15(14(18)20)6-3-7-17-10-15/h1-2,4-5,17H,3,6-10H2/t15-/m0/s1. The van der Waals surface area contributed by atoms with E-state index in [9.17, 15) is 9.59 Å². The van der Waals surface area contributed by atoms with Gasteiger partial charge in [-0.15, -0.1) is 0 Å². The van der Waals surface area contributed by atoms with E-state index in [-0.39, 0.29) is 18.4 Å². The van der Waals surface area contributed by atoms with Crippen LogP contribution in [0.15, 0.2) is 24.3 Å². The van der Waals surface area contributed by atoms with E-state index in [1.54, 1.807) is 6.07 Å². The molecule has 1 spiro atoms. The molecule has 0 aromatic heterocycles. The molecule has 5 heteroatoms. The van der Waals surface area contributed by atoms with Gasteiger partial charge in [0.15, 0.2) is 0 Å². The Morgan fingerprint density at radius 3 is 2.80 bits per heavy atom. The fourth-order valence-corrected chi connectivity index (χ4v) is 3.31. The first-order chi connectivity index (χ1) is 9.62. The number of amides is 2. The number of benzene rings is 1. The summed E-state index contributed by atoms with van der Waals surface area (Å²) in [7, 11) is 0. The fourth-order valence-electron chi connectivity index (χ4n) is 3.12. The Bertz CT molecular complexity index is 553. The number of likely N-dealkylation sites (tertiary alicyclic amines) is 1. The van der Waals surface area contributed by atoms with Gasteiger partial charge in [0, 0.05) is 18.0 Å². The average Bonchev–Trinajstić information content (AvgIpc) is 2.66. The van der Waals surface area contributed by atoms with Gasteiger partial charge in [-0.3, -0.25) is 14.5 Å². The minimum Gasteiger partial charge on any atom is -0.316 e. The molecule has 2 amide bonds. The molecule has 0 saturated carbocycles. The number of nitrogens with zero attached hydrogens (tertiary/aromatic N) is 1. The van der Waals surface area contributed by atoms with Crippen LogP contribution in [0.2, 0.25) is 5.02 Å². The molecular weight excluding hydrogens is 276 g/mol. The first-order valence-electron chi connectivity index (χ1n) is 6.91. The molecule has 2 fully saturated rings. The highest BCUT2D eigenvalue weighted by molar-refractivity contribution is 6.31. The van der Waals surface area contributed by atoms with Crippen LogP contribution in [-0.4, -0.2) is 29.8 Å². The summed E-state index contributed by atoms with van der Waals surface area (Å²) in [5, 5.41) is 3.83. The number of hydrogen-bond acceptors (Lipinski definition) is 3. The molecule has 1 N–H and O–H groups in total. The second-order valence-electron chi connectivity index (χ2n) is 5.61. The van der Waals surface area contributed by atoms with Crippen LogP contribution >= 0.6 is 11.6 Å². The molecule has 106 valence electrons. The van der Waals surface area contributed by atoms with Crippen molar-refractivity contribution in [2.75, 3.05) is 13.1 Å². The van der Waals surface area contributed by atoms with Gasteiger partial charge < -0.3 is 5.32 Å². The zero-order valence-corrected chi connectivity index (χ0v) is 11.9. The third-order valence-corrected chi connectivity index (χ3v) is 4.62. The van der Waals surface area contributed by atoms with Crippen molar-refractivity contribution in [1.29, 1.82) is 0 Å². The van der Waals surface area contributed by atoms with E-state index >= 15 is 0 Å². The van der Waals surface area contributed by atoms with Gasteiger partial charge in [-0.2, -0.15) is 0 Å². The molecule has 2 heterocycles. The maximum absolute atomic E-state index is 12.6. The normalized spacial score (nSPS) is 26.6. The Morgan fingerprint density at radius 2 is 2.10 bits per heavy atom. The van der Waals surface area contributed by atoms with Gasteiger partial charge in [0.25, 0.3) is 0 Å². The van der Waals surface area contributed by atoms with E-state index in [1.165, 1.54) is 4.90 Å². The van der Waals surface area contributed by atoms with Crippen molar-refractivity contribution in [3.8, 4) is 0 Å². The lowest BCUT2D eigenvalue weighted by molar-refractivity contribution is -0.142. The number of nitrogens with one attached hydrogen (secondary N) is 1. The predicted octanol–water partition coefficient (Wildman–Crippen LogP) is 1.97. The smallest absolute Gasteiger partial charge is 0.237 e. The number of rotatable bonds is 2. The van der Waals surface area contributed by atoms with E-state index < -0.39 is 5.41 Å². The largest absolute Gasteiger partial charge is 0.316 e. The van der Waals surface area contributed by atoms with Gasteiger partial charge in [0.2, 0.25) is 11.8 Å². The van der Waals surface area contributed by atoms with Gasteiger partial charge >= 0.3 is 0 Å². The number of hydrogen-bond donors (Lipinski definition) is 1. The van der Waals surface area contributed by atoms with Crippen LogP contribution in [0.5, 0.6) is 0 Å². The number of carbonyl (C=O) groups is 2. The van der Waals surface area contributed by atoms with E-state index in [1.807, 2.05) is 18.2 Å². The third kappa shape index (κ3) is 2.23. The van der Waals surface area contributed by atoms with Crippen LogP contribution in [0.25, 0.3) is 0 Å². The molecule has 1 atom stereocenters. The molecule has 1 aromatic carbocycles. The SMILES string of the molecule is O=C1C[C@]2(CCCNC2)C(=O)N1Cc1ccccc1Cl. The van der Waals surface area contributed by atoms with Gasteiger partial charge in [-0.25, -0.2) is 0 Å². The van der Waals surface area contributed by atoms with Crippen LogP contribution in [0.1, 0.15) is 24.8 Å². The monoisotopic (exact) mass is 292 g/mol. The quantitative estimate of drug-likeness (QED) is 0.848. The number of piperidine rings is 1. The van der Waals surface area contributed by atoms with Crippen molar-refractivity contribution < 1.29 is 9.59 Å². The van der Waals surface area contributed by atoms with Gasteiger partial charge in [-0.05, 0) is 31.0 Å². The van der Waals surface area contributed by atoms with Crippen LogP contribution in [0.3, 0.4) is 0 Å². The van der Waals surface area contributed by atoms with E-state index in [0.717, 1.165) is 24.9 Å². The second kappa shape index (κ2) is 5.19. The Balaban J connectivity index is 1.82. The maximum atomic E-state index is 12.6. The van der Waals surface area contributed by atoms with Crippen molar-refractivity contribution in [3.05, 3.63) is 34.9 Å². The van der Waals surface area contributed by atoms with Crippen molar-refractivity contribution in [3.63, 3.8) is 0 Å². The van der Waals surface area contributed by atoms with E-state index in [4.69, 9.17) is 11.6 Å². The number of carbonyl (C=O) groups excluding carboxylic acids is 2. The van der Waals surface area contributed by atoms with E-state index in [2.05, 4.69) is 5.32 Å². The zero-order valence-electron chi connectivity index (χ0n) is 11.2. The zero-order chi connectivity index (χ0) is 14.2. The molecule has 2 aliphatic rings. The fraction of sp³-hybridized carbons (Fsp3) is 0.467. The van der Waals surface area contributed by atoms with Crippen LogP contribution in [0.4, 0.5) is 0 Å². The Labute approximate surface area is 123 Å². The first-order valence-corrected chi connectivity index (χ1v) is 7.29. The van der Waals surface area contributed by atoms with Crippen molar-refractivity contribution in [1.82, 2.24) is 10.2 Å². The first kappa shape index (κ1) is 13.6. The molecule has 3 rings (SSSR count). The molecule has 0 unspecified atom stereocenters. The Hall–Kier alpha value is -1.39. The number of imide groups is 1. The topological polar surface area (TPSA) is 49.4 Å². The molecule has 0 radical (unpaired) electrons. The van der Waals surface area contributed by atoms with Crippen molar-refractivity contribution in [2.45, 2.75) is 25.8 Å². The van der Waals surface area contributed by atoms with Gasteiger partial charge in [0.05, 0.1) is 12.0 Å². The lowest BCUT2D eigenvalue weighted by Crippen LogP contribution is -2.45. The summed E-state index contributed by atoms with van der Waals surface area (Å²) in [5.74, 6) is -0.131. The van der Waals surface area contributed by atoms with Crippen LogP contribution in [-0.2, 0) is 16.1 Å². The summed E-state index contributed by atoms with van der Waals surface area (Å²) in [6.45, 7) is 1.81. The highest BCUT2D eigenvalue weighted by atomic mass is 35.5. The second-order valence-corrected chi connectivity index (χ2v) is 6.02. The van der Waals surface area contributed by atoms with Crippen LogP contribution < -0.4 is 5.32 Å². The highest BCUT2D eigenvalue weighted by Crippen LogP contribution is 2.39. The lowest BCUT2D eigenvalue weighted by Gasteiger charge is -2.31. The molecule has 1 aromatic rings. The summed E-state index contributed by atoms with van der Waals surface area (Å²) in [6.07, 6.45) is 2.06. The van der Waals surface area contributed by atoms with Crippen LogP contribution in [0, 0.1) is 5.41 Å². The summed E-state index contributed by atoms with van der Waals surface area (Å²) in [4.78, 5) is 26.2. The minimum absolute atomic E-state index is 0.0466. The van der Waals surface area contributed by atoms with Crippen molar-refractivity contribution >= 4 is 23.4 Å². The third-order valence-electron chi connectivity index (χ3n) is 4.25. The Kier molecular flexibility index (Phi) is 3.52. The molecule has 20 heavy (non-hydrogen) atoms. The van der Waals surface area contributed by atoms with Gasteiger partial charge in [-0.1, -0.05) is 29.8 Å². The minimum atomic E-state index is -0.517. The van der Waals surface area contributed by atoms with Crippen molar-refractivity contribution in [2.24, 2.45) is 5.41 Å². The van der Waals surface area contributed by atoms with E-state index in [0.29, 0.717) is 18.0 Å². The molecular formula is C15H17ClN2O2. The maximum Gasteiger partial charge on any atom is 0.237 e. The highest BCUT2D eigenvalue weighted by Gasteiger charge is 2.51. The molecule has 0 bridgehead atoms. The lowest BCUT2D eigenvalue weighted by atomic mass is 9.79. The molecule has 2 aliphatic heterocycles. The summed E-state index contributed by atoms with van der Waals surface area (Å²) < 4.78 is 0. The molecule has 0 aliphatic carbocycles. The summed E-state index contributed by atoms with van der Waals surface area (Å²) in [5.41, 5.74) is 0.299. The predicted molar refractivity (Wildman–Crippen MR) is 76.2 cm³/mol. The molecule has 2 saturated heterocycles. The summed E-state index contributed by atoms with van der Waals surface area (Å²) >= 11 is 6.11. The van der Waals surface area contributed by atoms with Gasteiger partial charge in [0.1, 0.15) is 0 Å². The number of halogens is 1. The summed E-state index contributed by atoms with van der Waals surface area (Å²) in [6, 6.07) is 7.34.